The van der Waals surface area contributed by atoms with E-state index in [2.05, 4.69) is 10.6 Å². The average Bonchev–Trinajstić information content (AvgIpc) is 3.01. The van der Waals surface area contributed by atoms with Crippen LogP contribution in [0.25, 0.3) is 10.1 Å². The van der Waals surface area contributed by atoms with Crippen LogP contribution in [0.2, 0.25) is 0 Å². The molecule has 3 aromatic rings. The van der Waals surface area contributed by atoms with Gasteiger partial charge in [0.15, 0.2) is 0 Å². The molecule has 0 aliphatic carbocycles. The van der Waals surface area contributed by atoms with Gasteiger partial charge in [-0.05, 0) is 29.8 Å². The monoisotopic (exact) mass is 386 g/mol. The Kier molecular flexibility index (Phi) is 5.83. The van der Waals surface area contributed by atoms with Gasteiger partial charge in [0.25, 0.3) is 5.91 Å². The summed E-state index contributed by atoms with van der Waals surface area (Å²) < 4.78 is 20.1. The van der Waals surface area contributed by atoms with Gasteiger partial charge in [0.1, 0.15) is 5.82 Å². The molecule has 0 aliphatic heterocycles. The summed E-state index contributed by atoms with van der Waals surface area (Å²) in [6, 6.07) is 12.0. The Labute approximate surface area is 160 Å². The minimum absolute atomic E-state index is 0.140. The smallest absolute Gasteiger partial charge is 0.262 e. The summed E-state index contributed by atoms with van der Waals surface area (Å²) in [7, 11) is 1.52. The van der Waals surface area contributed by atoms with E-state index in [-0.39, 0.29) is 24.2 Å². The first-order chi connectivity index (χ1) is 13.0. The highest BCUT2D eigenvalue weighted by Crippen LogP contribution is 2.33. The molecule has 27 heavy (non-hydrogen) atoms. The van der Waals surface area contributed by atoms with Crippen molar-refractivity contribution in [1.29, 1.82) is 0 Å². The normalized spacial score (nSPS) is 10.8. The van der Waals surface area contributed by atoms with E-state index < -0.39 is 0 Å². The maximum atomic E-state index is 14.2. The lowest BCUT2D eigenvalue weighted by Crippen LogP contribution is -2.23. The summed E-state index contributed by atoms with van der Waals surface area (Å²) in [4.78, 5) is 24.2. The number of fused-ring (bicyclic) bond motifs is 1. The number of carbonyl (C=O) groups is 2. The minimum Gasteiger partial charge on any atom is -0.380 e. The van der Waals surface area contributed by atoms with E-state index in [0.29, 0.717) is 32.8 Å². The largest absolute Gasteiger partial charge is 0.380 e. The molecule has 0 aliphatic rings. The van der Waals surface area contributed by atoms with Gasteiger partial charge in [-0.15, -0.1) is 11.3 Å². The van der Waals surface area contributed by atoms with Crippen LogP contribution in [0.1, 0.15) is 27.7 Å². The maximum Gasteiger partial charge on any atom is 0.262 e. The van der Waals surface area contributed by atoms with Gasteiger partial charge in [-0.2, -0.15) is 0 Å². The Morgan fingerprint density at radius 2 is 1.89 bits per heavy atom. The second kappa shape index (κ2) is 8.28. The Morgan fingerprint density at radius 3 is 2.56 bits per heavy atom. The lowest BCUT2D eigenvalue weighted by Gasteiger charge is -2.08. The Bertz CT molecular complexity index is 983. The van der Waals surface area contributed by atoms with Gasteiger partial charge in [0, 0.05) is 41.9 Å². The summed E-state index contributed by atoms with van der Waals surface area (Å²) in [6.07, 6.45) is 0. The number of benzene rings is 2. The van der Waals surface area contributed by atoms with E-state index in [1.807, 2.05) is 12.1 Å². The number of hydrogen-bond donors (Lipinski definition) is 2. The molecule has 0 unspecified atom stereocenters. The summed E-state index contributed by atoms with van der Waals surface area (Å²) in [5, 5.41) is 5.99. The van der Waals surface area contributed by atoms with Crippen molar-refractivity contribution in [2.75, 3.05) is 12.4 Å². The molecule has 5 nitrogen and oxygen atoms in total. The minimum atomic E-state index is -0.358. The molecule has 0 spiro atoms. The van der Waals surface area contributed by atoms with Crippen molar-refractivity contribution >= 4 is 38.9 Å². The van der Waals surface area contributed by atoms with Crippen LogP contribution in [0.5, 0.6) is 0 Å². The van der Waals surface area contributed by atoms with E-state index >= 15 is 0 Å². The van der Waals surface area contributed by atoms with Crippen LogP contribution >= 0.6 is 11.3 Å². The highest BCUT2D eigenvalue weighted by atomic mass is 32.1. The van der Waals surface area contributed by atoms with Crippen molar-refractivity contribution in [3.05, 3.63) is 64.3 Å². The van der Waals surface area contributed by atoms with E-state index in [4.69, 9.17) is 4.74 Å². The highest BCUT2D eigenvalue weighted by molar-refractivity contribution is 7.21. The zero-order chi connectivity index (χ0) is 19.4. The molecule has 3 rings (SSSR count). The Hall–Kier alpha value is -2.77. The quantitative estimate of drug-likeness (QED) is 0.671. The number of thiophene rings is 1. The second-order valence-corrected chi connectivity index (χ2v) is 7.07. The maximum absolute atomic E-state index is 14.2. The van der Waals surface area contributed by atoms with Gasteiger partial charge in [0.2, 0.25) is 5.91 Å². The molecule has 1 heterocycles. The van der Waals surface area contributed by atoms with Crippen molar-refractivity contribution in [2.24, 2.45) is 0 Å². The van der Waals surface area contributed by atoms with Crippen molar-refractivity contribution in [3.8, 4) is 0 Å². The third kappa shape index (κ3) is 4.32. The Balaban J connectivity index is 1.77. The molecule has 2 aromatic carbocycles. The first kappa shape index (κ1) is 19.0. The molecule has 0 bridgehead atoms. The van der Waals surface area contributed by atoms with Crippen molar-refractivity contribution < 1.29 is 18.7 Å². The standard InChI is InChI=1S/C20H19FN2O3S/c1-12(24)23-14-8-6-13(7-9-14)10-22-20(25)19-15(11-26-2)18-16(21)4-3-5-17(18)27-19/h3-9H,10-11H2,1-2H3,(H,22,25)(H,23,24). The number of halogens is 1. The van der Waals surface area contributed by atoms with Gasteiger partial charge < -0.3 is 15.4 Å². The van der Waals surface area contributed by atoms with E-state index in [9.17, 15) is 14.0 Å². The van der Waals surface area contributed by atoms with Gasteiger partial charge in [-0.1, -0.05) is 18.2 Å². The van der Waals surface area contributed by atoms with Crippen LogP contribution < -0.4 is 10.6 Å². The number of rotatable bonds is 6. The summed E-state index contributed by atoms with van der Waals surface area (Å²) >= 11 is 1.25. The van der Waals surface area contributed by atoms with Crippen LogP contribution in [0.4, 0.5) is 10.1 Å². The van der Waals surface area contributed by atoms with Crippen molar-refractivity contribution in [2.45, 2.75) is 20.1 Å². The average molecular weight is 386 g/mol. The number of carbonyl (C=O) groups excluding carboxylic acids is 2. The third-order valence-corrected chi connectivity index (χ3v) is 5.18. The second-order valence-electron chi connectivity index (χ2n) is 6.02. The van der Waals surface area contributed by atoms with E-state index in [1.165, 1.54) is 31.4 Å². The van der Waals surface area contributed by atoms with Crippen LogP contribution in [-0.4, -0.2) is 18.9 Å². The third-order valence-electron chi connectivity index (χ3n) is 3.99. The number of amides is 2. The number of ether oxygens (including phenoxy) is 1. The number of anilines is 1. The fourth-order valence-corrected chi connectivity index (χ4v) is 3.94. The number of nitrogens with one attached hydrogen (secondary N) is 2. The van der Waals surface area contributed by atoms with Crippen LogP contribution in [0.3, 0.4) is 0 Å². The van der Waals surface area contributed by atoms with Crippen molar-refractivity contribution in [3.63, 3.8) is 0 Å². The molecule has 1 aromatic heterocycles. The first-order valence-electron chi connectivity index (χ1n) is 8.33. The van der Waals surface area contributed by atoms with Gasteiger partial charge in [-0.3, -0.25) is 9.59 Å². The fourth-order valence-electron chi connectivity index (χ4n) is 2.80. The summed E-state index contributed by atoms with van der Waals surface area (Å²) in [5.41, 5.74) is 2.15. The molecule has 0 fully saturated rings. The van der Waals surface area contributed by atoms with Crippen molar-refractivity contribution in [1.82, 2.24) is 5.32 Å². The van der Waals surface area contributed by atoms with Gasteiger partial charge in [0.05, 0.1) is 11.5 Å². The van der Waals surface area contributed by atoms with Gasteiger partial charge >= 0.3 is 0 Å². The zero-order valence-electron chi connectivity index (χ0n) is 15.0. The molecular formula is C20H19FN2O3S. The predicted octanol–water partition coefficient (Wildman–Crippen LogP) is 4.08. The van der Waals surface area contributed by atoms with Crippen LogP contribution in [0.15, 0.2) is 42.5 Å². The molecule has 0 radical (unpaired) electrons. The number of hydrogen-bond acceptors (Lipinski definition) is 4. The molecule has 7 heteroatoms. The molecule has 140 valence electrons. The predicted molar refractivity (Wildman–Crippen MR) is 104 cm³/mol. The van der Waals surface area contributed by atoms with Gasteiger partial charge in [-0.25, -0.2) is 4.39 Å². The molecule has 2 amide bonds. The molecule has 0 saturated heterocycles. The molecule has 0 atom stereocenters. The van der Waals surface area contributed by atoms with E-state index in [0.717, 1.165) is 5.56 Å². The topological polar surface area (TPSA) is 67.4 Å². The molecule has 2 N–H and O–H groups in total. The Morgan fingerprint density at radius 1 is 1.15 bits per heavy atom. The summed E-state index contributed by atoms with van der Waals surface area (Å²) in [5.74, 6) is -0.768. The molecule has 0 saturated carbocycles. The first-order valence-corrected chi connectivity index (χ1v) is 9.14. The lowest BCUT2D eigenvalue weighted by molar-refractivity contribution is -0.114. The zero-order valence-corrected chi connectivity index (χ0v) is 15.8. The highest BCUT2D eigenvalue weighted by Gasteiger charge is 2.20. The van der Waals surface area contributed by atoms with Crippen LogP contribution in [0, 0.1) is 5.82 Å². The SMILES string of the molecule is COCc1c(C(=O)NCc2ccc(NC(C)=O)cc2)sc2cccc(F)c12. The fraction of sp³-hybridized carbons (Fsp3) is 0.200. The summed E-state index contributed by atoms with van der Waals surface area (Å²) in [6.45, 7) is 1.93. The van der Waals surface area contributed by atoms with Crippen LogP contribution in [-0.2, 0) is 22.7 Å². The molecular weight excluding hydrogens is 367 g/mol. The lowest BCUT2D eigenvalue weighted by atomic mass is 10.1. The van der Waals surface area contributed by atoms with E-state index in [1.54, 1.807) is 24.3 Å². The number of methoxy groups -OCH3 is 1.